The van der Waals surface area contributed by atoms with Gasteiger partial charge in [0.15, 0.2) is 0 Å². The number of carbonyl (C=O) groups excluding carboxylic acids is 1. The summed E-state index contributed by atoms with van der Waals surface area (Å²) in [7, 11) is 4.02. The molecule has 3 aromatic heterocycles. The lowest BCUT2D eigenvalue weighted by Crippen LogP contribution is -2.36. The number of fused-ring (bicyclic) bond motifs is 1. The first-order valence-electron chi connectivity index (χ1n) is 8.95. The van der Waals surface area contributed by atoms with Crippen LogP contribution in [0.25, 0.3) is 10.2 Å². The molecule has 3 heterocycles. The van der Waals surface area contributed by atoms with E-state index in [1.54, 1.807) is 6.26 Å². The van der Waals surface area contributed by atoms with Crippen molar-refractivity contribution in [3.8, 4) is 0 Å². The van der Waals surface area contributed by atoms with Crippen molar-refractivity contribution in [1.29, 1.82) is 0 Å². The number of anilines is 1. The lowest BCUT2D eigenvalue weighted by molar-refractivity contribution is 0.0758. The van der Waals surface area contributed by atoms with Gasteiger partial charge in [0, 0.05) is 19.6 Å². The van der Waals surface area contributed by atoms with E-state index in [2.05, 4.69) is 20.2 Å². The lowest BCUT2D eigenvalue weighted by atomic mass is 10.2. The Morgan fingerprint density at radius 2 is 2.11 bits per heavy atom. The highest BCUT2D eigenvalue weighted by Gasteiger charge is 2.23. The van der Waals surface area contributed by atoms with Gasteiger partial charge in [0.05, 0.1) is 23.1 Å². The summed E-state index contributed by atoms with van der Waals surface area (Å²) in [6.07, 6.45) is 3.17. The number of likely N-dealkylation sites (N-methyl/N-ethyl adjacent to an activating group) is 2. The normalized spacial score (nSPS) is 11.3. The number of aromatic nitrogens is 2. The maximum atomic E-state index is 13.1. The summed E-state index contributed by atoms with van der Waals surface area (Å²) >= 11 is 1.43. The van der Waals surface area contributed by atoms with Crippen LogP contribution in [-0.2, 0) is 6.54 Å². The molecule has 0 atom stereocenters. The number of hydrogen-bond acceptors (Lipinski definition) is 7. The summed E-state index contributed by atoms with van der Waals surface area (Å²) in [6.45, 7) is 6.71. The van der Waals surface area contributed by atoms with Gasteiger partial charge in [-0.3, -0.25) is 4.79 Å². The molecule has 0 aliphatic heterocycles. The van der Waals surface area contributed by atoms with E-state index in [4.69, 9.17) is 4.42 Å². The van der Waals surface area contributed by atoms with Crippen LogP contribution in [0.15, 0.2) is 29.1 Å². The third kappa shape index (κ3) is 4.28. The molecule has 8 heteroatoms. The second-order valence-corrected chi connectivity index (χ2v) is 7.58. The summed E-state index contributed by atoms with van der Waals surface area (Å²) in [6, 6.07) is 3.76. The first kappa shape index (κ1) is 19.3. The van der Waals surface area contributed by atoms with Crippen molar-refractivity contribution >= 4 is 33.3 Å². The van der Waals surface area contributed by atoms with Gasteiger partial charge in [0.2, 0.25) is 0 Å². The molecule has 0 bridgehead atoms. The minimum atomic E-state index is 0.0526. The molecule has 1 amide bonds. The van der Waals surface area contributed by atoms with Crippen molar-refractivity contribution in [2.75, 3.05) is 39.0 Å². The molecule has 0 spiro atoms. The number of furan rings is 1. The third-order valence-corrected chi connectivity index (χ3v) is 5.61. The Labute approximate surface area is 163 Å². The average molecular weight is 388 g/mol. The van der Waals surface area contributed by atoms with E-state index in [1.807, 2.05) is 45.0 Å². The zero-order chi connectivity index (χ0) is 19.4. The van der Waals surface area contributed by atoms with E-state index < -0.39 is 0 Å². The predicted molar refractivity (Wildman–Crippen MR) is 108 cm³/mol. The van der Waals surface area contributed by atoms with Gasteiger partial charge in [0.1, 0.15) is 22.7 Å². The minimum Gasteiger partial charge on any atom is -0.467 e. The topological polar surface area (TPSA) is 74.5 Å². The van der Waals surface area contributed by atoms with E-state index in [9.17, 15) is 4.79 Å². The van der Waals surface area contributed by atoms with Crippen LogP contribution in [0, 0.1) is 6.92 Å². The Bertz CT molecular complexity index is 904. The van der Waals surface area contributed by atoms with Gasteiger partial charge in [-0.05, 0) is 45.6 Å². The molecule has 0 saturated carbocycles. The van der Waals surface area contributed by atoms with Gasteiger partial charge >= 0.3 is 0 Å². The van der Waals surface area contributed by atoms with Gasteiger partial charge in [-0.1, -0.05) is 0 Å². The lowest BCUT2D eigenvalue weighted by Gasteiger charge is -2.22. The zero-order valence-corrected chi connectivity index (χ0v) is 17.0. The molecule has 0 saturated heterocycles. The molecule has 0 radical (unpaired) electrons. The molecule has 1 N–H and O–H groups in total. The number of aryl methyl sites for hydroxylation is 1. The molecule has 0 unspecified atom stereocenters. The highest BCUT2D eigenvalue weighted by molar-refractivity contribution is 7.20. The van der Waals surface area contributed by atoms with Gasteiger partial charge < -0.3 is 19.5 Å². The average Bonchev–Trinajstić information content (AvgIpc) is 3.28. The molecule has 0 aliphatic carbocycles. The SMILES string of the molecule is CCN(CCN(C)C)C(=O)c1sc2ncnc(NCc3ccco3)c2c1C. The highest BCUT2D eigenvalue weighted by Crippen LogP contribution is 2.34. The second-order valence-electron chi connectivity index (χ2n) is 6.58. The van der Waals surface area contributed by atoms with E-state index in [-0.39, 0.29) is 5.91 Å². The van der Waals surface area contributed by atoms with Crippen LogP contribution in [0.1, 0.15) is 27.9 Å². The van der Waals surface area contributed by atoms with Crippen LogP contribution in [0.2, 0.25) is 0 Å². The third-order valence-electron chi connectivity index (χ3n) is 4.42. The van der Waals surface area contributed by atoms with Crippen LogP contribution in [0.3, 0.4) is 0 Å². The number of rotatable bonds is 8. The van der Waals surface area contributed by atoms with Crippen LogP contribution < -0.4 is 5.32 Å². The van der Waals surface area contributed by atoms with E-state index in [1.165, 1.54) is 17.7 Å². The van der Waals surface area contributed by atoms with E-state index in [0.717, 1.165) is 38.8 Å². The van der Waals surface area contributed by atoms with E-state index in [0.29, 0.717) is 19.6 Å². The Balaban J connectivity index is 1.87. The Hall–Kier alpha value is -2.45. The number of nitrogens with zero attached hydrogens (tertiary/aromatic N) is 4. The molecule has 0 aromatic carbocycles. The van der Waals surface area contributed by atoms with Crippen molar-refractivity contribution in [2.24, 2.45) is 0 Å². The minimum absolute atomic E-state index is 0.0526. The predicted octanol–water partition coefficient (Wildman–Crippen LogP) is 3.23. The fourth-order valence-electron chi connectivity index (χ4n) is 2.86. The summed E-state index contributed by atoms with van der Waals surface area (Å²) < 4.78 is 5.37. The van der Waals surface area contributed by atoms with Crippen LogP contribution >= 0.6 is 11.3 Å². The highest BCUT2D eigenvalue weighted by atomic mass is 32.1. The molecular formula is C19H25N5O2S. The molecule has 0 aliphatic rings. The number of thiophene rings is 1. The molecular weight excluding hydrogens is 362 g/mol. The largest absolute Gasteiger partial charge is 0.467 e. The fourth-order valence-corrected chi connectivity index (χ4v) is 3.98. The van der Waals surface area contributed by atoms with Crippen LogP contribution in [0.4, 0.5) is 5.82 Å². The maximum Gasteiger partial charge on any atom is 0.264 e. The summed E-state index contributed by atoms with van der Waals surface area (Å²) in [5.41, 5.74) is 0.922. The molecule has 27 heavy (non-hydrogen) atoms. The summed E-state index contributed by atoms with van der Waals surface area (Å²) in [4.78, 5) is 27.3. The number of hydrogen-bond donors (Lipinski definition) is 1. The maximum absolute atomic E-state index is 13.1. The van der Waals surface area contributed by atoms with Crippen molar-refractivity contribution in [3.05, 3.63) is 40.9 Å². The van der Waals surface area contributed by atoms with Gasteiger partial charge in [-0.25, -0.2) is 9.97 Å². The van der Waals surface area contributed by atoms with Gasteiger partial charge in [-0.15, -0.1) is 11.3 Å². The number of carbonyl (C=O) groups is 1. The van der Waals surface area contributed by atoms with Crippen LogP contribution in [0.5, 0.6) is 0 Å². The summed E-state index contributed by atoms with van der Waals surface area (Å²) in [5, 5.41) is 4.20. The molecule has 3 rings (SSSR count). The summed E-state index contributed by atoms with van der Waals surface area (Å²) in [5.74, 6) is 1.60. The van der Waals surface area contributed by atoms with Gasteiger partial charge in [0.25, 0.3) is 5.91 Å². The Morgan fingerprint density at radius 3 is 2.78 bits per heavy atom. The number of nitrogens with one attached hydrogen (secondary N) is 1. The van der Waals surface area contributed by atoms with Crippen molar-refractivity contribution in [3.63, 3.8) is 0 Å². The second kappa shape index (κ2) is 8.49. The molecule has 7 nitrogen and oxygen atoms in total. The van der Waals surface area contributed by atoms with E-state index >= 15 is 0 Å². The molecule has 144 valence electrons. The van der Waals surface area contributed by atoms with Crippen molar-refractivity contribution < 1.29 is 9.21 Å². The quantitative estimate of drug-likeness (QED) is 0.640. The number of amides is 1. The Morgan fingerprint density at radius 1 is 1.30 bits per heavy atom. The standard InChI is InChI=1S/C19H25N5O2S/c1-5-24(9-8-23(3)4)19(25)16-13(2)15-17(21-12-22-18(15)27-16)20-11-14-7-6-10-26-14/h6-7,10,12H,5,8-9,11H2,1-4H3,(H,20,21,22). The smallest absolute Gasteiger partial charge is 0.264 e. The van der Waals surface area contributed by atoms with Crippen LogP contribution in [-0.4, -0.2) is 59.4 Å². The van der Waals surface area contributed by atoms with Gasteiger partial charge in [-0.2, -0.15) is 0 Å². The first-order valence-corrected chi connectivity index (χ1v) is 9.77. The van der Waals surface area contributed by atoms with Crippen molar-refractivity contribution in [1.82, 2.24) is 19.8 Å². The first-order chi connectivity index (χ1) is 13.0. The molecule has 3 aromatic rings. The fraction of sp³-hybridized carbons (Fsp3) is 0.421. The van der Waals surface area contributed by atoms with Crippen molar-refractivity contribution in [2.45, 2.75) is 20.4 Å². The molecule has 0 fully saturated rings. The Kier molecular flexibility index (Phi) is 6.08. The monoisotopic (exact) mass is 387 g/mol. The zero-order valence-electron chi connectivity index (χ0n) is 16.2.